The molecule has 0 saturated heterocycles. The fraction of sp³-hybridized carbons (Fsp3) is 0.250. The van der Waals surface area contributed by atoms with Crippen LogP contribution >= 0.6 is 11.6 Å². The molecule has 0 aliphatic carbocycles. The van der Waals surface area contributed by atoms with Crippen molar-refractivity contribution in [3.63, 3.8) is 0 Å². The summed E-state index contributed by atoms with van der Waals surface area (Å²) in [6.07, 6.45) is -4.88. The first-order valence-corrected chi connectivity index (χ1v) is 9.58. The minimum atomic E-state index is -4.81. The highest BCUT2D eigenvalue weighted by atomic mass is 35.5. The molecule has 3 rings (SSSR count). The van der Waals surface area contributed by atoms with Crippen LogP contribution in [-0.4, -0.2) is 41.2 Å². The maximum atomic E-state index is 12.4. The molecule has 0 aliphatic rings. The number of rotatable bonds is 7. The van der Waals surface area contributed by atoms with E-state index in [-0.39, 0.29) is 25.2 Å². The Morgan fingerprint density at radius 1 is 1.19 bits per heavy atom. The molecule has 3 aromatic rings. The molecule has 0 bridgehead atoms. The largest absolute Gasteiger partial charge is 0.573 e. The lowest BCUT2D eigenvalue weighted by Gasteiger charge is -2.17. The Morgan fingerprint density at radius 2 is 1.88 bits per heavy atom. The van der Waals surface area contributed by atoms with Gasteiger partial charge in [0.15, 0.2) is 5.58 Å². The summed E-state index contributed by atoms with van der Waals surface area (Å²) in [5.41, 5.74) is 1.03. The first-order valence-electron chi connectivity index (χ1n) is 9.20. The van der Waals surface area contributed by atoms with Gasteiger partial charge in [0.2, 0.25) is 11.8 Å². The molecular formula is C20H17ClF3N3O5. The molecule has 2 amide bonds. The molecule has 1 N–H and O–H groups in total. The predicted octanol–water partition coefficient (Wildman–Crippen LogP) is 3.63. The maximum absolute atomic E-state index is 12.4. The van der Waals surface area contributed by atoms with Crippen LogP contribution in [0.5, 0.6) is 5.75 Å². The number of ether oxygens (including phenoxy) is 1. The highest BCUT2D eigenvalue weighted by Gasteiger charge is 2.31. The molecule has 32 heavy (non-hydrogen) atoms. The molecule has 2 aromatic carbocycles. The predicted molar refractivity (Wildman–Crippen MR) is 109 cm³/mol. The average molecular weight is 472 g/mol. The van der Waals surface area contributed by atoms with E-state index in [1.165, 1.54) is 34.7 Å². The smallest absolute Gasteiger partial charge is 0.408 e. The van der Waals surface area contributed by atoms with Crippen LogP contribution in [0, 0.1) is 0 Å². The van der Waals surface area contributed by atoms with E-state index in [0.29, 0.717) is 16.1 Å². The maximum Gasteiger partial charge on any atom is 0.573 e. The van der Waals surface area contributed by atoms with E-state index in [1.807, 2.05) is 0 Å². The van der Waals surface area contributed by atoms with Gasteiger partial charge in [0, 0.05) is 36.8 Å². The van der Waals surface area contributed by atoms with Gasteiger partial charge in [-0.1, -0.05) is 11.6 Å². The van der Waals surface area contributed by atoms with Crippen molar-refractivity contribution in [3.05, 3.63) is 58.0 Å². The zero-order chi connectivity index (χ0) is 23.5. The lowest BCUT2D eigenvalue weighted by molar-refractivity contribution is -0.274. The molecule has 0 radical (unpaired) electrons. The van der Waals surface area contributed by atoms with Crippen LogP contribution in [-0.2, 0) is 16.1 Å². The van der Waals surface area contributed by atoms with Crippen molar-refractivity contribution >= 4 is 40.2 Å². The number of alkyl halides is 3. The lowest BCUT2D eigenvalue weighted by atomic mass is 10.3. The zero-order valence-corrected chi connectivity index (χ0v) is 17.4. The van der Waals surface area contributed by atoms with Gasteiger partial charge in [-0.2, -0.15) is 0 Å². The SMILES string of the molecule is CN(CC(=O)Nc1ccc(OC(F)(F)F)cc1)C(=O)CCn1c(=O)oc2cc(Cl)ccc21. The number of aromatic nitrogens is 1. The third-order valence-corrected chi connectivity index (χ3v) is 4.59. The molecule has 1 heterocycles. The Morgan fingerprint density at radius 3 is 2.53 bits per heavy atom. The molecule has 0 fully saturated rings. The summed E-state index contributed by atoms with van der Waals surface area (Å²) < 4.78 is 46.7. The van der Waals surface area contributed by atoms with E-state index in [9.17, 15) is 27.6 Å². The number of likely N-dealkylation sites (N-methyl/N-ethyl adjacent to an activating group) is 1. The number of anilines is 1. The van der Waals surface area contributed by atoms with E-state index in [0.717, 1.165) is 12.1 Å². The molecular weight excluding hydrogens is 455 g/mol. The van der Waals surface area contributed by atoms with E-state index < -0.39 is 29.7 Å². The molecule has 1 aromatic heterocycles. The Balaban J connectivity index is 1.53. The lowest BCUT2D eigenvalue weighted by Crippen LogP contribution is -2.35. The van der Waals surface area contributed by atoms with Crippen LogP contribution in [0.3, 0.4) is 0 Å². The van der Waals surface area contributed by atoms with Crippen LogP contribution < -0.4 is 15.8 Å². The standard InChI is InChI=1S/C20H17ClF3N3O5/c1-26(11-17(28)25-13-3-5-14(6-4-13)32-20(22,23)24)18(29)8-9-27-15-7-2-12(21)10-16(15)31-19(27)30/h2-7,10H,8-9,11H2,1H3,(H,25,28). The number of hydrogen-bond donors (Lipinski definition) is 1. The van der Waals surface area contributed by atoms with E-state index in [2.05, 4.69) is 10.1 Å². The van der Waals surface area contributed by atoms with Gasteiger partial charge in [-0.15, -0.1) is 13.2 Å². The minimum absolute atomic E-state index is 0.0406. The molecule has 12 heteroatoms. The van der Waals surface area contributed by atoms with Crippen LogP contribution in [0.2, 0.25) is 5.02 Å². The van der Waals surface area contributed by atoms with Crippen molar-refractivity contribution in [1.82, 2.24) is 9.47 Å². The van der Waals surface area contributed by atoms with Crippen LogP contribution in [0.15, 0.2) is 51.7 Å². The number of carbonyl (C=O) groups excluding carboxylic acids is 2. The Hall–Kier alpha value is -3.47. The van der Waals surface area contributed by atoms with Crippen molar-refractivity contribution in [2.45, 2.75) is 19.3 Å². The number of amides is 2. The van der Waals surface area contributed by atoms with E-state index in [4.69, 9.17) is 16.0 Å². The van der Waals surface area contributed by atoms with Crippen molar-refractivity contribution in [1.29, 1.82) is 0 Å². The second-order valence-corrected chi connectivity index (χ2v) is 7.19. The normalized spacial score (nSPS) is 11.4. The number of hydrogen-bond acceptors (Lipinski definition) is 5. The quantitative estimate of drug-likeness (QED) is 0.568. The third-order valence-electron chi connectivity index (χ3n) is 4.36. The van der Waals surface area contributed by atoms with Crippen molar-refractivity contribution < 1.29 is 31.9 Å². The van der Waals surface area contributed by atoms with Crippen LogP contribution in [0.1, 0.15) is 6.42 Å². The summed E-state index contributed by atoms with van der Waals surface area (Å²) in [5.74, 6) is -2.00. The van der Waals surface area contributed by atoms with Gasteiger partial charge in [0.25, 0.3) is 0 Å². The van der Waals surface area contributed by atoms with Gasteiger partial charge in [-0.3, -0.25) is 14.2 Å². The number of fused-ring (bicyclic) bond motifs is 1. The van der Waals surface area contributed by atoms with Gasteiger partial charge in [0.05, 0.1) is 12.1 Å². The third kappa shape index (κ3) is 6.03. The number of nitrogens with one attached hydrogen (secondary N) is 1. The summed E-state index contributed by atoms with van der Waals surface area (Å²) in [6, 6.07) is 9.28. The minimum Gasteiger partial charge on any atom is -0.408 e. The van der Waals surface area contributed by atoms with Crippen LogP contribution in [0.25, 0.3) is 11.1 Å². The number of benzene rings is 2. The molecule has 0 atom stereocenters. The Labute approximate surface area is 184 Å². The molecule has 0 unspecified atom stereocenters. The molecule has 8 nitrogen and oxygen atoms in total. The number of oxazole rings is 1. The first kappa shape index (κ1) is 23.2. The van der Waals surface area contributed by atoms with E-state index >= 15 is 0 Å². The van der Waals surface area contributed by atoms with Crippen molar-refractivity contribution in [2.24, 2.45) is 0 Å². The molecule has 170 valence electrons. The Kier molecular flexibility index (Phi) is 6.78. The summed E-state index contributed by atoms with van der Waals surface area (Å²) in [5, 5.41) is 2.88. The second kappa shape index (κ2) is 9.35. The highest BCUT2D eigenvalue weighted by Crippen LogP contribution is 2.24. The van der Waals surface area contributed by atoms with Crippen LogP contribution in [0.4, 0.5) is 18.9 Å². The summed E-state index contributed by atoms with van der Waals surface area (Å²) in [4.78, 5) is 37.7. The van der Waals surface area contributed by atoms with Gasteiger partial charge in [-0.25, -0.2) is 4.79 Å². The summed E-state index contributed by atoms with van der Waals surface area (Å²) in [7, 11) is 1.41. The van der Waals surface area contributed by atoms with E-state index in [1.54, 1.807) is 12.1 Å². The monoisotopic (exact) mass is 471 g/mol. The fourth-order valence-corrected chi connectivity index (χ4v) is 3.06. The summed E-state index contributed by atoms with van der Waals surface area (Å²) >= 11 is 5.87. The molecule has 0 spiro atoms. The van der Waals surface area contributed by atoms with Crippen molar-refractivity contribution in [2.75, 3.05) is 18.9 Å². The number of nitrogens with zero attached hydrogens (tertiary/aromatic N) is 2. The topological polar surface area (TPSA) is 93.8 Å². The van der Waals surface area contributed by atoms with Gasteiger partial charge >= 0.3 is 12.1 Å². The van der Waals surface area contributed by atoms with Gasteiger partial charge in [0.1, 0.15) is 5.75 Å². The Bertz CT molecular complexity index is 1190. The van der Waals surface area contributed by atoms with Gasteiger partial charge < -0.3 is 19.4 Å². The fourth-order valence-electron chi connectivity index (χ4n) is 2.89. The highest BCUT2D eigenvalue weighted by molar-refractivity contribution is 6.31. The number of aryl methyl sites for hydroxylation is 1. The van der Waals surface area contributed by atoms with Gasteiger partial charge in [-0.05, 0) is 36.4 Å². The average Bonchev–Trinajstić information content (AvgIpc) is 3.00. The first-order chi connectivity index (χ1) is 15.0. The molecule has 0 aliphatic heterocycles. The zero-order valence-electron chi connectivity index (χ0n) is 16.6. The number of halogens is 4. The number of carbonyl (C=O) groups is 2. The summed E-state index contributed by atoms with van der Waals surface area (Å²) in [6.45, 7) is -0.255. The van der Waals surface area contributed by atoms with Crippen molar-refractivity contribution in [3.8, 4) is 5.75 Å². The second-order valence-electron chi connectivity index (χ2n) is 6.75. The molecule has 0 saturated carbocycles.